The number of hydrogen-bond acceptors (Lipinski definition) is 3. The van der Waals surface area contributed by atoms with Gasteiger partial charge in [-0.15, -0.1) is 0 Å². The van der Waals surface area contributed by atoms with Crippen LogP contribution in [-0.2, 0) is 7.05 Å². The lowest BCUT2D eigenvalue weighted by Gasteiger charge is -2.11. The highest BCUT2D eigenvalue weighted by atomic mass is 32.1. The Hall–Kier alpha value is -2.41. The Morgan fingerprint density at radius 1 is 1.24 bits per heavy atom. The summed E-state index contributed by atoms with van der Waals surface area (Å²) in [5.74, 6) is -0.604. The third-order valence-corrected chi connectivity index (χ3v) is 2.99. The number of amides is 1. The molecule has 1 aromatic heterocycles. The Bertz CT molecular complexity index is 687. The molecular formula is C14H17N5OS. The zero-order valence-corrected chi connectivity index (χ0v) is 12.9. The van der Waals surface area contributed by atoms with Gasteiger partial charge in [-0.25, -0.2) is 0 Å². The van der Waals surface area contributed by atoms with Gasteiger partial charge in [0.2, 0.25) is 0 Å². The first-order chi connectivity index (χ1) is 9.85. The van der Waals surface area contributed by atoms with Crippen LogP contribution in [0.15, 0.2) is 24.4 Å². The fourth-order valence-electron chi connectivity index (χ4n) is 2.09. The van der Waals surface area contributed by atoms with Gasteiger partial charge in [0.15, 0.2) is 10.8 Å². The fraction of sp³-hybridized carbons (Fsp3) is 0.214. The van der Waals surface area contributed by atoms with Crippen molar-refractivity contribution in [3.05, 3.63) is 41.2 Å². The van der Waals surface area contributed by atoms with E-state index in [-0.39, 0.29) is 5.69 Å². The topological polar surface area (TPSA) is 85.0 Å². The highest BCUT2D eigenvalue weighted by molar-refractivity contribution is 7.80. The van der Waals surface area contributed by atoms with Gasteiger partial charge in [-0.3, -0.25) is 9.48 Å². The van der Waals surface area contributed by atoms with Gasteiger partial charge in [-0.2, -0.15) is 5.10 Å². The molecule has 2 rings (SSSR count). The summed E-state index contributed by atoms with van der Waals surface area (Å²) in [6, 6.07) is 6.05. The summed E-state index contributed by atoms with van der Waals surface area (Å²) in [6.07, 6.45) is 1.65. The van der Waals surface area contributed by atoms with E-state index < -0.39 is 5.91 Å². The van der Waals surface area contributed by atoms with E-state index in [0.717, 1.165) is 16.8 Å². The van der Waals surface area contributed by atoms with Gasteiger partial charge in [-0.05, 0) is 49.3 Å². The van der Waals surface area contributed by atoms with Crippen LogP contribution in [0.5, 0.6) is 0 Å². The maximum atomic E-state index is 11.3. The van der Waals surface area contributed by atoms with Crippen LogP contribution in [0.2, 0.25) is 0 Å². The molecule has 6 nitrogen and oxygen atoms in total. The summed E-state index contributed by atoms with van der Waals surface area (Å²) in [5.41, 5.74) is 9.07. The van der Waals surface area contributed by atoms with Crippen molar-refractivity contribution < 1.29 is 4.79 Å². The van der Waals surface area contributed by atoms with Gasteiger partial charge in [0.05, 0.1) is 5.69 Å². The third-order valence-electron chi connectivity index (χ3n) is 2.79. The Balaban J connectivity index is 2.13. The number of primary amides is 1. The second-order valence-electron chi connectivity index (χ2n) is 4.88. The molecule has 0 aliphatic rings. The molecule has 1 heterocycles. The van der Waals surface area contributed by atoms with E-state index in [1.807, 2.05) is 26.0 Å². The maximum Gasteiger partial charge on any atom is 0.271 e. The molecule has 4 N–H and O–H groups in total. The number of carbonyl (C=O) groups excluding carboxylic acids is 1. The van der Waals surface area contributed by atoms with E-state index in [2.05, 4.69) is 21.8 Å². The summed E-state index contributed by atoms with van der Waals surface area (Å²) in [5, 5.41) is 10.4. The number of benzene rings is 1. The third kappa shape index (κ3) is 3.79. The number of hydrogen-bond donors (Lipinski definition) is 3. The molecule has 2 aromatic rings. The highest BCUT2D eigenvalue weighted by Crippen LogP contribution is 2.16. The van der Waals surface area contributed by atoms with Gasteiger partial charge in [-0.1, -0.05) is 6.07 Å². The Labute approximate surface area is 128 Å². The molecule has 0 saturated heterocycles. The van der Waals surface area contributed by atoms with Gasteiger partial charge >= 0.3 is 0 Å². The first kappa shape index (κ1) is 15.0. The first-order valence-electron chi connectivity index (χ1n) is 6.35. The lowest BCUT2D eigenvalue weighted by atomic mass is 10.1. The van der Waals surface area contributed by atoms with Crippen molar-refractivity contribution >= 4 is 34.6 Å². The number of aryl methyl sites for hydroxylation is 3. The summed E-state index contributed by atoms with van der Waals surface area (Å²) in [7, 11) is 1.71. The average Bonchev–Trinajstić information content (AvgIpc) is 2.68. The second-order valence-corrected chi connectivity index (χ2v) is 5.29. The minimum Gasteiger partial charge on any atom is -0.364 e. The van der Waals surface area contributed by atoms with Crippen LogP contribution in [0, 0.1) is 13.8 Å². The highest BCUT2D eigenvalue weighted by Gasteiger charge is 2.14. The smallest absolute Gasteiger partial charge is 0.271 e. The SMILES string of the molecule is Cc1cc(C)cc(NC(=S)Nc2cn(C)nc2C(N)=O)c1. The van der Waals surface area contributed by atoms with Crippen molar-refractivity contribution in [1.82, 2.24) is 9.78 Å². The summed E-state index contributed by atoms with van der Waals surface area (Å²) >= 11 is 5.25. The zero-order chi connectivity index (χ0) is 15.6. The minimum atomic E-state index is -0.604. The number of anilines is 2. The Morgan fingerprint density at radius 2 is 1.86 bits per heavy atom. The van der Waals surface area contributed by atoms with Crippen LogP contribution in [0.3, 0.4) is 0 Å². The van der Waals surface area contributed by atoms with Gasteiger partial charge in [0.25, 0.3) is 5.91 Å². The molecule has 1 amide bonds. The molecule has 0 bridgehead atoms. The van der Waals surface area contributed by atoms with E-state index in [4.69, 9.17) is 18.0 Å². The fourth-order valence-corrected chi connectivity index (χ4v) is 2.32. The van der Waals surface area contributed by atoms with Crippen LogP contribution in [-0.4, -0.2) is 20.8 Å². The molecular weight excluding hydrogens is 286 g/mol. The monoisotopic (exact) mass is 303 g/mol. The number of carbonyl (C=O) groups is 1. The molecule has 0 unspecified atom stereocenters. The molecule has 1 aromatic carbocycles. The van der Waals surface area contributed by atoms with E-state index >= 15 is 0 Å². The van der Waals surface area contributed by atoms with Crippen molar-refractivity contribution in [2.75, 3.05) is 10.6 Å². The number of nitrogens with zero attached hydrogens (tertiary/aromatic N) is 2. The first-order valence-corrected chi connectivity index (χ1v) is 6.75. The summed E-state index contributed by atoms with van der Waals surface area (Å²) in [4.78, 5) is 11.3. The quantitative estimate of drug-likeness (QED) is 0.755. The largest absolute Gasteiger partial charge is 0.364 e. The van der Waals surface area contributed by atoms with Gasteiger partial charge < -0.3 is 16.4 Å². The predicted molar refractivity (Wildman–Crippen MR) is 87.5 cm³/mol. The molecule has 7 heteroatoms. The van der Waals surface area contributed by atoms with Crippen molar-refractivity contribution in [2.45, 2.75) is 13.8 Å². The number of thiocarbonyl (C=S) groups is 1. The summed E-state index contributed by atoms with van der Waals surface area (Å²) in [6.45, 7) is 4.03. The lowest BCUT2D eigenvalue weighted by molar-refractivity contribution is 0.0995. The standard InChI is InChI=1S/C14H17N5OS/c1-8-4-9(2)6-10(5-8)16-14(21)17-11-7-19(3)18-12(11)13(15)20/h4-7H,1-3H3,(H2,15,20)(H2,16,17,21). The second kappa shape index (κ2) is 5.92. The van der Waals surface area contributed by atoms with E-state index in [1.54, 1.807) is 13.2 Å². The molecule has 110 valence electrons. The number of nitrogens with two attached hydrogens (primary N) is 1. The molecule has 21 heavy (non-hydrogen) atoms. The minimum absolute atomic E-state index is 0.155. The van der Waals surface area contributed by atoms with Crippen LogP contribution in [0.25, 0.3) is 0 Å². The van der Waals surface area contributed by atoms with Crippen LogP contribution >= 0.6 is 12.2 Å². The molecule has 0 aliphatic heterocycles. The number of nitrogens with one attached hydrogen (secondary N) is 2. The normalized spacial score (nSPS) is 10.2. The van der Waals surface area contributed by atoms with Gasteiger partial charge in [0, 0.05) is 18.9 Å². The average molecular weight is 303 g/mol. The molecule has 0 radical (unpaired) electrons. The summed E-state index contributed by atoms with van der Waals surface area (Å²) < 4.78 is 1.50. The molecule has 0 saturated carbocycles. The molecule has 0 aliphatic carbocycles. The van der Waals surface area contributed by atoms with Crippen LogP contribution < -0.4 is 16.4 Å². The van der Waals surface area contributed by atoms with Crippen LogP contribution in [0.4, 0.5) is 11.4 Å². The van der Waals surface area contributed by atoms with E-state index in [0.29, 0.717) is 10.8 Å². The van der Waals surface area contributed by atoms with Crippen LogP contribution in [0.1, 0.15) is 21.6 Å². The van der Waals surface area contributed by atoms with E-state index in [9.17, 15) is 4.79 Å². The Morgan fingerprint density at radius 3 is 2.43 bits per heavy atom. The van der Waals surface area contributed by atoms with Gasteiger partial charge in [0.1, 0.15) is 0 Å². The number of rotatable bonds is 3. The lowest BCUT2D eigenvalue weighted by Crippen LogP contribution is -2.21. The van der Waals surface area contributed by atoms with Crippen molar-refractivity contribution in [1.29, 1.82) is 0 Å². The molecule has 0 atom stereocenters. The molecule has 0 fully saturated rings. The number of aromatic nitrogens is 2. The van der Waals surface area contributed by atoms with E-state index in [1.165, 1.54) is 4.68 Å². The maximum absolute atomic E-state index is 11.3. The van der Waals surface area contributed by atoms with Crippen molar-refractivity contribution in [2.24, 2.45) is 12.8 Å². The zero-order valence-electron chi connectivity index (χ0n) is 12.1. The predicted octanol–water partition coefficient (Wildman–Crippen LogP) is 1.94. The molecule has 0 spiro atoms. The van der Waals surface area contributed by atoms with Crippen molar-refractivity contribution in [3.63, 3.8) is 0 Å². The van der Waals surface area contributed by atoms with Crippen molar-refractivity contribution in [3.8, 4) is 0 Å². The Kier molecular flexibility index (Phi) is 4.23.